The number of carbonyl (C=O) groups excluding carboxylic acids is 2. The molecule has 46 heavy (non-hydrogen) atoms. The van der Waals surface area contributed by atoms with Gasteiger partial charge in [-0.15, -0.1) is 0 Å². The maximum absolute atomic E-state index is 12.8. The topological polar surface area (TPSA) is 115 Å². The van der Waals surface area contributed by atoms with Crippen molar-refractivity contribution in [3.8, 4) is 0 Å². The smallest absolute Gasteiger partial charge is 0.323 e. The van der Waals surface area contributed by atoms with E-state index in [9.17, 15) is 29.4 Å². The van der Waals surface area contributed by atoms with E-state index in [0.29, 0.717) is 12.8 Å². The zero-order chi connectivity index (χ0) is 34.1. The van der Waals surface area contributed by atoms with Crippen LogP contribution in [0.2, 0.25) is 0 Å². The van der Waals surface area contributed by atoms with Gasteiger partial charge in [0.1, 0.15) is 13.1 Å². The number of rotatable bonds is 35. The first-order valence-electron chi connectivity index (χ1n) is 19.3. The van der Waals surface area contributed by atoms with E-state index in [2.05, 4.69) is 13.8 Å². The second-order valence-electron chi connectivity index (χ2n) is 13.4. The zero-order valence-electron chi connectivity index (χ0n) is 30.0. The molecule has 0 aromatic heterocycles. The molecule has 0 heterocycles. The molecule has 0 spiro atoms. The quantitative estimate of drug-likeness (QED) is 0.0659. The maximum atomic E-state index is 12.8. The average Bonchev–Trinajstić information content (AvgIpc) is 3.02. The molecule has 0 aliphatic carbocycles. The molecule has 8 heteroatoms. The van der Waals surface area contributed by atoms with E-state index in [0.717, 1.165) is 38.5 Å². The van der Waals surface area contributed by atoms with Crippen molar-refractivity contribution in [3.63, 3.8) is 0 Å². The van der Waals surface area contributed by atoms with Crippen molar-refractivity contribution in [3.05, 3.63) is 0 Å². The first-order chi connectivity index (χ1) is 22.3. The number of carboxylic acid groups (broad SMARTS) is 2. The third-order valence-corrected chi connectivity index (χ3v) is 8.99. The van der Waals surface area contributed by atoms with Gasteiger partial charge in [-0.1, -0.05) is 168 Å². The van der Waals surface area contributed by atoms with E-state index < -0.39 is 25.0 Å². The van der Waals surface area contributed by atoms with Crippen LogP contribution in [0.15, 0.2) is 0 Å². The standard InChI is InChI=1S/C38H72N2O6/c1-3-5-7-9-11-13-15-17-19-21-23-25-27-29-35(41)39(33-37(43)44)31-32-40(34-38(45)46)36(42)30-28-26-24-22-20-18-16-14-12-10-8-6-4-2/h3-34H2,1-2H3,(H,43,44)(H,45,46). The Balaban J connectivity index is 4.24. The third-order valence-electron chi connectivity index (χ3n) is 8.99. The van der Waals surface area contributed by atoms with Gasteiger partial charge in [-0.2, -0.15) is 0 Å². The molecule has 0 aliphatic heterocycles. The lowest BCUT2D eigenvalue weighted by Crippen LogP contribution is -2.44. The fourth-order valence-corrected chi connectivity index (χ4v) is 6.06. The van der Waals surface area contributed by atoms with E-state index in [-0.39, 0.29) is 37.7 Å². The van der Waals surface area contributed by atoms with Crippen molar-refractivity contribution in [1.29, 1.82) is 0 Å². The van der Waals surface area contributed by atoms with E-state index in [1.807, 2.05) is 0 Å². The second-order valence-corrected chi connectivity index (χ2v) is 13.4. The molecule has 0 atom stereocenters. The van der Waals surface area contributed by atoms with Gasteiger partial charge in [-0.05, 0) is 12.8 Å². The SMILES string of the molecule is CCCCCCCCCCCCCCCC(=O)N(CCN(CC(=O)O)C(=O)CCCCCCCCCCCCCCC)CC(=O)O. The molecule has 0 aliphatic rings. The molecule has 2 N–H and O–H groups in total. The summed E-state index contributed by atoms with van der Waals surface area (Å²) in [6, 6.07) is 0. The number of hydrogen-bond donors (Lipinski definition) is 2. The molecular weight excluding hydrogens is 580 g/mol. The first kappa shape index (κ1) is 43.9. The highest BCUT2D eigenvalue weighted by Crippen LogP contribution is 2.15. The van der Waals surface area contributed by atoms with Crippen LogP contribution < -0.4 is 0 Å². The third kappa shape index (κ3) is 29.3. The number of hydrogen-bond acceptors (Lipinski definition) is 4. The van der Waals surface area contributed by atoms with Crippen molar-refractivity contribution in [2.45, 2.75) is 194 Å². The molecule has 0 unspecified atom stereocenters. The molecule has 0 fully saturated rings. The van der Waals surface area contributed by atoms with Crippen LogP contribution in [0.4, 0.5) is 0 Å². The van der Waals surface area contributed by atoms with Gasteiger partial charge in [0, 0.05) is 25.9 Å². The van der Waals surface area contributed by atoms with Crippen molar-refractivity contribution in [1.82, 2.24) is 9.80 Å². The second kappa shape index (κ2) is 32.8. The predicted molar refractivity (Wildman–Crippen MR) is 189 cm³/mol. The van der Waals surface area contributed by atoms with Crippen LogP contribution >= 0.6 is 0 Å². The lowest BCUT2D eigenvalue weighted by atomic mass is 10.0. The van der Waals surface area contributed by atoms with E-state index in [1.165, 1.54) is 125 Å². The summed E-state index contributed by atoms with van der Waals surface area (Å²) in [5.74, 6) is -2.71. The van der Waals surface area contributed by atoms with E-state index in [4.69, 9.17) is 0 Å². The Morgan fingerprint density at radius 3 is 0.804 bits per heavy atom. The molecule has 0 rings (SSSR count). The van der Waals surface area contributed by atoms with Crippen molar-refractivity contribution in [2.24, 2.45) is 0 Å². The Morgan fingerprint density at radius 1 is 0.370 bits per heavy atom. The molecule has 0 radical (unpaired) electrons. The molecule has 0 bridgehead atoms. The van der Waals surface area contributed by atoms with Gasteiger partial charge in [0.2, 0.25) is 11.8 Å². The van der Waals surface area contributed by atoms with Gasteiger partial charge in [0.15, 0.2) is 0 Å². The average molecular weight is 653 g/mol. The molecule has 0 saturated carbocycles. The number of unbranched alkanes of at least 4 members (excludes halogenated alkanes) is 24. The van der Waals surface area contributed by atoms with Gasteiger partial charge in [0.25, 0.3) is 0 Å². The lowest BCUT2D eigenvalue weighted by Gasteiger charge is -2.26. The Morgan fingerprint density at radius 2 is 0.587 bits per heavy atom. The summed E-state index contributed by atoms with van der Waals surface area (Å²) in [4.78, 5) is 51.1. The summed E-state index contributed by atoms with van der Waals surface area (Å²) >= 11 is 0. The summed E-state index contributed by atoms with van der Waals surface area (Å²) in [7, 11) is 0. The Hall–Kier alpha value is -2.12. The number of aliphatic carboxylic acids is 2. The largest absolute Gasteiger partial charge is 0.480 e. The van der Waals surface area contributed by atoms with Crippen molar-refractivity contribution >= 4 is 23.8 Å². The van der Waals surface area contributed by atoms with Crippen LogP contribution in [0.25, 0.3) is 0 Å². The fraction of sp³-hybridized carbons (Fsp3) is 0.895. The molecule has 8 nitrogen and oxygen atoms in total. The minimum atomic E-state index is -1.11. The van der Waals surface area contributed by atoms with Crippen molar-refractivity contribution < 1.29 is 29.4 Å². The molecule has 0 aromatic rings. The highest BCUT2D eigenvalue weighted by molar-refractivity contribution is 5.82. The normalized spacial score (nSPS) is 11.1. The van der Waals surface area contributed by atoms with Crippen LogP contribution in [-0.2, 0) is 19.2 Å². The molecular formula is C38H72N2O6. The Kier molecular flexibility index (Phi) is 31.3. The monoisotopic (exact) mass is 653 g/mol. The Labute approximate surface area is 282 Å². The van der Waals surface area contributed by atoms with E-state index >= 15 is 0 Å². The molecule has 0 saturated heterocycles. The van der Waals surface area contributed by atoms with Gasteiger partial charge in [-0.25, -0.2) is 0 Å². The summed E-state index contributed by atoms with van der Waals surface area (Å²) in [6.07, 6.45) is 31.9. The Bertz CT molecular complexity index is 697. The van der Waals surface area contributed by atoms with Crippen LogP contribution in [0.5, 0.6) is 0 Å². The predicted octanol–water partition coefficient (Wildman–Crippen LogP) is 9.78. The van der Waals surface area contributed by atoms with Crippen LogP contribution in [0, 0.1) is 0 Å². The first-order valence-corrected chi connectivity index (χ1v) is 19.3. The number of carboxylic acids is 2. The van der Waals surface area contributed by atoms with Gasteiger partial charge >= 0.3 is 11.9 Å². The van der Waals surface area contributed by atoms with Gasteiger partial charge < -0.3 is 20.0 Å². The fourth-order valence-electron chi connectivity index (χ4n) is 6.06. The van der Waals surface area contributed by atoms with E-state index in [1.54, 1.807) is 0 Å². The van der Waals surface area contributed by atoms with Gasteiger partial charge in [0.05, 0.1) is 0 Å². The highest BCUT2D eigenvalue weighted by atomic mass is 16.4. The summed E-state index contributed by atoms with van der Waals surface area (Å²) in [6.45, 7) is 3.66. The maximum Gasteiger partial charge on any atom is 0.323 e. The summed E-state index contributed by atoms with van der Waals surface area (Å²) in [5, 5.41) is 18.7. The zero-order valence-corrected chi connectivity index (χ0v) is 30.0. The van der Waals surface area contributed by atoms with Crippen LogP contribution in [0.1, 0.15) is 194 Å². The number of amides is 2. The molecule has 0 aromatic carbocycles. The summed E-state index contributed by atoms with van der Waals surface area (Å²) in [5.41, 5.74) is 0. The molecule has 270 valence electrons. The number of nitrogens with zero attached hydrogens (tertiary/aromatic N) is 2. The minimum Gasteiger partial charge on any atom is -0.480 e. The molecule has 2 amide bonds. The number of carbonyl (C=O) groups is 4. The minimum absolute atomic E-state index is 0.0290. The highest BCUT2D eigenvalue weighted by Gasteiger charge is 2.21. The van der Waals surface area contributed by atoms with Crippen molar-refractivity contribution in [2.75, 3.05) is 26.2 Å². The summed E-state index contributed by atoms with van der Waals surface area (Å²) < 4.78 is 0. The van der Waals surface area contributed by atoms with Gasteiger partial charge in [-0.3, -0.25) is 19.2 Å². The van der Waals surface area contributed by atoms with Crippen LogP contribution in [-0.4, -0.2) is 69.9 Å². The van der Waals surface area contributed by atoms with Crippen LogP contribution in [0.3, 0.4) is 0 Å². The lowest BCUT2D eigenvalue weighted by molar-refractivity contribution is -0.147.